The first-order valence-corrected chi connectivity index (χ1v) is 4.70. The highest BCUT2D eigenvalue weighted by atomic mass is 14.9. The van der Waals surface area contributed by atoms with Crippen LogP contribution in [0.2, 0.25) is 0 Å². The van der Waals surface area contributed by atoms with E-state index in [0.717, 1.165) is 29.9 Å². The molecule has 0 fully saturated rings. The van der Waals surface area contributed by atoms with E-state index in [4.69, 9.17) is 0 Å². The Kier molecular flexibility index (Phi) is 3.62. The van der Waals surface area contributed by atoms with Crippen molar-refractivity contribution in [3.8, 4) is 0 Å². The van der Waals surface area contributed by atoms with E-state index >= 15 is 0 Å². The smallest absolute Gasteiger partial charge is 0.154 e. The van der Waals surface area contributed by atoms with Gasteiger partial charge in [-0.15, -0.1) is 0 Å². The molecule has 1 aromatic rings. The maximum atomic E-state index is 4.45. The average molecular weight is 176 g/mol. The highest BCUT2D eigenvalue weighted by Gasteiger charge is 1.96. The quantitative estimate of drug-likeness (QED) is 0.649. The molecule has 0 atom stereocenters. The third-order valence-corrected chi connectivity index (χ3v) is 1.89. The fraction of sp³-hybridized carbons (Fsp3) is 0.455. The Bertz CT molecular complexity index is 303. The van der Waals surface area contributed by atoms with E-state index in [2.05, 4.69) is 23.8 Å². The first kappa shape index (κ1) is 9.90. The topological polar surface area (TPSA) is 25.2 Å². The van der Waals surface area contributed by atoms with Gasteiger partial charge in [-0.1, -0.05) is 19.4 Å². The maximum absolute atomic E-state index is 4.45. The Morgan fingerprint density at radius 2 is 2.31 bits per heavy atom. The first-order valence-electron chi connectivity index (χ1n) is 4.70. The molecule has 0 radical (unpaired) electrons. The molecule has 0 bridgehead atoms. The van der Waals surface area contributed by atoms with Gasteiger partial charge in [0, 0.05) is 11.9 Å². The zero-order chi connectivity index (χ0) is 9.68. The lowest BCUT2D eigenvalue weighted by Crippen LogP contribution is -1.90. The monoisotopic (exact) mass is 176 g/mol. The molecular formula is C11H16N2. The van der Waals surface area contributed by atoms with Crippen LogP contribution in [0.4, 0.5) is 5.82 Å². The summed E-state index contributed by atoms with van der Waals surface area (Å²) in [4.78, 5) is 8.67. The van der Waals surface area contributed by atoms with Gasteiger partial charge in [-0.2, -0.15) is 0 Å². The van der Waals surface area contributed by atoms with Gasteiger partial charge in [0.2, 0.25) is 0 Å². The summed E-state index contributed by atoms with van der Waals surface area (Å²) in [6, 6.07) is 3.97. The van der Waals surface area contributed by atoms with Gasteiger partial charge in [0.05, 0.1) is 0 Å². The summed E-state index contributed by atoms with van der Waals surface area (Å²) in [5, 5.41) is 0. The predicted octanol–water partition coefficient (Wildman–Crippen LogP) is 3.28. The predicted molar refractivity (Wildman–Crippen MR) is 56.7 cm³/mol. The van der Waals surface area contributed by atoms with Crippen molar-refractivity contribution in [1.29, 1.82) is 0 Å². The molecule has 1 heterocycles. The van der Waals surface area contributed by atoms with Crippen molar-refractivity contribution in [2.24, 2.45) is 4.99 Å². The summed E-state index contributed by atoms with van der Waals surface area (Å²) in [5.74, 6) is 0.855. The summed E-state index contributed by atoms with van der Waals surface area (Å²) in [5.41, 5.74) is 2.29. The normalized spacial score (nSPS) is 11.8. The number of hydrogen-bond donors (Lipinski definition) is 0. The van der Waals surface area contributed by atoms with Gasteiger partial charge < -0.3 is 0 Å². The fourth-order valence-corrected chi connectivity index (χ4v) is 1.19. The van der Waals surface area contributed by atoms with Crippen LogP contribution in [0.3, 0.4) is 0 Å². The third-order valence-electron chi connectivity index (χ3n) is 1.89. The molecule has 1 aromatic heterocycles. The van der Waals surface area contributed by atoms with Gasteiger partial charge in [0.25, 0.3) is 0 Å². The second-order valence-electron chi connectivity index (χ2n) is 3.24. The summed E-state index contributed by atoms with van der Waals surface area (Å²) in [6.45, 7) is 6.24. The minimum Gasteiger partial charge on any atom is -0.238 e. The molecule has 0 aliphatic heterocycles. The van der Waals surface area contributed by atoms with Crippen LogP contribution in [0.5, 0.6) is 0 Å². The van der Waals surface area contributed by atoms with Crippen molar-refractivity contribution in [2.75, 3.05) is 0 Å². The molecule has 70 valence electrons. The second kappa shape index (κ2) is 4.75. The lowest BCUT2D eigenvalue weighted by molar-refractivity contribution is 0.985. The standard InChI is InChI=1S/C11H16N2/c1-4-6-10(3)13-11-9(2)7-5-8-12-11/h5,7-8H,4,6H2,1-3H3/b13-10-. The van der Waals surface area contributed by atoms with Gasteiger partial charge in [0.15, 0.2) is 5.82 Å². The molecule has 0 saturated carbocycles. The summed E-state index contributed by atoms with van der Waals surface area (Å²) < 4.78 is 0. The van der Waals surface area contributed by atoms with E-state index in [0.29, 0.717) is 0 Å². The van der Waals surface area contributed by atoms with Crippen molar-refractivity contribution >= 4 is 11.5 Å². The largest absolute Gasteiger partial charge is 0.238 e. The Morgan fingerprint density at radius 3 is 2.92 bits per heavy atom. The number of aliphatic imine (C=N–C) groups is 1. The SMILES string of the molecule is CCC/C(C)=N\c1ncccc1C. The van der Waals surface area contributed by atoms with Gasteiger partial charge >= 0.3 is 0 Å². The van der Waals surface area contributed by atoms with Crippen LogP contribution in [-0.4, -0.2) is 10.7 Å². The number of rotatable bonds is 3. The van der Waals surface area contributed by atoms with Gasteiger partial charge in [-0.05, 0) is 31.9 Å². The van der Waals surface area contributed by atoms with E-state index < -0.39 is 0 Å². The van der Waals surface area contributed by atoms with Crippen LogP contribution in [0.25, 0.3) is 0 Å². The Balaban J connectivity index is 2.84. The highest BCUT2D eigenvalue weighted by molar-refractivity contribution is 5.84. The number of aromatic nitrogens is 1. The highest BCUT2D eigenvalue weighted by Crippen LogP contribution is 2.14. The van der Waals surface area contributed by atoms with Crippen LogP contribution in [0, 0.1) is 6.92 Å². The molecule has 0 aromatic carbocycles. The molecule has 2 nitrogen and oxygen atoms in total. The maximum Gasteiger partial charge on any atom is 0.154 e. The van der Waals surface area contributed by atoms with Crippen LogP contribution in [-0.2, 0) is 0 Å². The Hall–Kier alpha value is -1.18. The molecular weight excluding hydrogens is 160 g/mol. The van der Waals surface area contributed by atoms with Crippen molar-refractivity contribution in [3.63, 3.8) is 0 Å². The van der Waals surface area contributed by atoms with Gasteiger partial charge in [-0.25, -0.2) is 9.98 Å². The zero-order valence-electron chi connectivity index (χ0n) is 8.54. The molecule has 0 aliphatic carbocycles. The number of pyridine rings is 1. The lowest BCUT2D eigenvalue weighted by atomic mass is 10.2. The van der Waals surface area contributed by atoms with E-state index in [9.17, 15) is 0 Å². The second-order valence-corrected chi connectivity index (χ2v) is 3.24. The Morgan fingerprint density at radius 1 is 1.54 bits per heavy atom. The molecule has 0 N–H and O–H groups in total. The molecule has 13 heavy (non-hydrogen) atoms. The number of aryl methyl sites for hydroxylation is 1. The van der Waals surface area contributed by atoms with Crippen molar-refractivity contribution in [2.45, 2.75) is 33.6 Å². The minimum absolute atomic E-state index is 0.855. The molecule has 2 heteroatoms. The van der Waals surface area contributed by atoms with Crippen LogP contribution >= 0.6 is 0 Å². The lowest BCUT2D eigenvalue weighted by Gasteiger charge is -2.00. The zero-order valence-corrected chi connectivity index (χ0v) is 8.54. The molecule has 0 aliphatic rings. The summed E-state index contributed by atoms with van der Waals surface area (Å²) in [6.07, 6.45) is 3.97. The van der Waals surface area contributed by atoms with Crippen LogP contribution < -0.4 is 0 Å². The average Bonchev–Trinajstić information content (AvgIpc) is 2.09. The van der Waals surface area contributed by atoms with Crippen molar-refractivity contribution in [1.82, 2.24) is 4.98 Å². The Labute approximate surface area is 79.7 Å². The van der Waals surface area contributed by atoms with Crippen LogP contribution in [0.15, 0.2) is 23.3 Å². The van der Waals surface area contributed by atoms with Crippen molar-refractivity contribution < 1.29 is 0 Å². The first-order chi connectivity index (χ1) is 6.24. The minimum atomic E-state index is 0.855. The molecule has 0 unspecified atom stereocenters. The van der Waals surface area contributed by atoms with E-state index in [-0.39, 0.29) is 0 Å². The fourth-order valence-electron chi connectivity index (χ4n) is 1.19. The summed E-state index contributed by atoms with van der Waals surface area (Å²) in [7, 11) is 0. The number of hydrogen-bond acceptors (Lipinski definition) is 2. The summed E-state index contributed by atoms with van der Waals surface area (Å²) >= 11 is 0. The molecule has 0 amide bonds. The molecule has 0 spiro atoms. The van der Waals surface area contributed by atoms with Gasteiger partial charge in [0.1, 0.15) is 0 Å². The number of nitrogens with zero attached hydrogens (tertiary/aromatic N) is 2. The van der Waals surface area contributed by atoms with Crippen LogP contribution in [0.1, 0.15) is 32.3 Å². The van der Waals surface area contributed by atoms with E-state index in [1.807, 2.05) is 19.1 Å². The van der Waals surface area contributed by atoms with E-state index in [1.165, 1.54) is 0 Å². The molecule has 0 saturated heterocycles. The molecule has 1 rings (SSSR count). The van der Waals surface area contributed by atoms with E-state index in [1.54, 1.807) is 6.20 Å². The van der Waals surface area contributed by atoms with Crippen molar-refractivity contribution in [3.05, 3.63) is 23.9 Å². The third kappa shape index (κ3) is 2.98. The van der Waals surface area contributed by atoms with Gasteiger partial charge in [-0.3, -0.25) is 0 Å².